The summed E-state index contributed by atoms with van der Waals surface area (Å²) in [5.41, 5.74) is 1.74. The maximum Gasteiger partial charge on any atom is 0.279 e. The van der Waals surface area contributed by atoms with Crippen LogP contribution in [0.4, 0.5) is 5.69 Å². The number of carbonyl (C=O) groups excluding carboxylic acids is 2. The molecule has 0 spiro atoms. The highest BCUT2D eigenvalue weighted by Gasteiger charge is 2.23. The zero-order valence-electron chi connectivity index (χ0n) is 17.0. The third kappa shape index (κ3) is 4.15. The second kappa shape index (κ2) is 8.61. The van der Waals surface area contributed by atoms with Crippen LogP contribution in [0.5, 0.6) is 0 Å². The number of hydrogen-bond donors (Lipinski definition) is 1. The molecule has 1 N–H and O–H groups in total. The first kappa shape index (κ1) is 20.6. The Kier molecular flexibility index (Phi) is 5.73. The first-order chi connectivity index (χ1) is 15.0. The van der Waals surface area contributed by atoms with Gasteiger partial charge < -0.3 is 5.32 Å². The minimum Gasteiger partial charge on any atom is -0.324 e. The van der Waals surface area contributed by atoms with Crippen LogP contribution in [0.1, 0.15) is 36.7 Å². The Morgan fingerprint density at radius 2 is 1.81 bits per heavy atom. The van der Waals surface area contributed by atoms with E-state index in [-0.39, 0.29) is 17.2 Å². The van der Waals surface area contributed by atoms with Crippen LogP contribution >= 0.6 is 11.3 Å². The SMILES string of the molecule is CCC(C(=O)Nc1ccc(C(C)=O)cc1)n1nnc2sc(-c3ccccc3)cc2c1=O. The van der Waals surface area contributed by atoms with Gasteiger partial charge in [-0.2, -0.15) is 4.68 Å². The van der Waals surface area contributed by atoms with Gasteiger partial charge in [-0.15, -0.1) is 16.4 Å². The van der Waals surface area contributed by atoms with Gasteiger partial charge in [0.1, 0.15) is 6.04 Å². The smallest absolute Gasteiger partial charge is 0.279 e. The molecule has 8 heteroatoms. The van der Waals surface area contributed by atoms with Crippen LogP contribution in [0.25, 0.3) is 20.7 Å². The van der Waals surface area contributed by atoms with Crippen LogP contribution in [-0.2, 0) is 4.79 Å². The minimum absolute atomic E-state index is 0.0509. The summed E-state index contributed by atoms with van der Waals surface area (Å²) < 4.78 is 1.14. The molecule has 0 aliphatic heterocycles. The fourth-order valence-electron chi connectivity index (χ4n) is 3.29. The predicted molar refractivity (Wildman–Crippen MR) is 122 cm³/mol. The van der Waals surface area contributed by atoms with Crippen LogP contribution in [0, 0.1) is 0 Å². The molecule has 0 aliphatic rings. The lowest BCUT2D eigenvalue weighted by atomic mass is 10.1. The van der Waals surface area contributed by atoms with Crippen LogP contribution in [0.3, 0.4) is 0 Å². The number of ketones is 1. The third-order valence-corrected chi connectivity index (χ3v) is 6.05. The van der Waals surface area contributed by atoms with Crippen LogP contribution in [0.2, 0.25) is 0 Å². The number of Topliss-reactive ketones (excluding diaryl/α,β-unsaturated/α-hetero) is 1. The Labute approximate surface area is 182 Å². The number of carbonyl (C=O) groups is 2. The van der Waals surface area contributed by atoms with E-state index in [0.717, 1.165) is 15.1 Å². The van der Waals surface area contributed by atoms with Crippen molar-refractivity contribution in [3.05, 3.63) is 76.6 Å². The van der Waals surface area contributed by atoms with Crippen molar-refractivity contribution in [3.8, 4) is 10.4 Å². The van der Waals surface area contributed by atoms with Gasteiger partial charge in [0.15, 0.2) is 10.6 Å². The highest BCUT2D eigenvalue weighted by Crippen LogP contribution is 2.30. The summed E-state index contributed by atoms with van der Waals surface area (Å²) >= 11 is 1.39. The minimum atomic E-state index is -0.808. The summed E-state index contributed by atoms with van der Waals surface area (Å²) in [5, 5.41) is 11.5. The largest absolute Gasteiger partial charge is 0.324 e. The molecular formula is C23H20N4O3S. The van der Waals surface area contributed by atoms with E-state index in [1.807, 2.05) is 37.3 Å². The van der Waals surface area contributed by atoms with Crippen molar-refractivity contribution >= 4 is 38.9 Å². The number of amides is 1. The molecule has 7 nitrogen and oxygen atoms in total. The quantitative estimate of drug-likeness (QED) is 0.458. The molecule has 4 rings (SSSR count). The zero-order valence-corrected chi connectivity index (χ0v) is 17.8. The lowest BCUT2D eigenvalue weighted by Crippen LogP contribution is -2.35. The molecule has 0 bridgehead atoms. The van der Waals surface area contributed by atoms with Gasteiger partial charge in [0.2, 0.25) is 5.91 Å². The van der Waals surface area contributed by atoms with E-state index in [9.17, 15) is 14.4 Å². The number of hydrogen-bond acceptors (Lipinski definition) is 6. The third-order valence-electron chi connectivity index (χ3n) is 4.98. The second-order valence-corrected chi connectivity index (χ2v) is 8.11. The van der Waals surface area contributed by atoms with E-state index < -0.39 is 6.04 Å². The molecule has 0 saturated heterocycles. The van der Waals surface area contributed by atoms with E-state index in [0.29, 0.717) is 27.9 Å². The van der Waals surface area contributed by atoms with Gasteiger partial charge >= 0.3 is 0 Å². The van der Waals surface area contributed by atoms with Crippen molar-refractivity contribution in [2.24, 2.45) is 0 Å². The number of nitrogens with zero attached hydrogens (tertiary/aromatic N) is 3. The Balaban J connectivity index is 1.63. The molecule has 1 unspecified atom stereocenters. The maximum absolute atomic E-state index is 13.1. The first-order valence-electron chi connectivity index (χ1n) is 9.84. The molecule has 1 amide bonds. The molecule has 4 aromatic rings. The Morgan fingerprint density at radius 1 is 1.10 bits per heavy atom. The standard InChI is InChI=1S/C23H20N4O3S/c1-3-19(21(29)24-17-11-9-15(10-12-17)14(2)28)27-23(30)18-13-20(31-22(18)25-26-27)16-7-5-4-6-8-16/h4-13,19H,3H2,1-2H3,(H,24,29). The monoisotopic (exact) mass is 432 g/mol. The number of fused-ring (bicyclic) bond motifs is 1. The van der Waals surface area contributed by atoms with Gasteiger partial charge in [0.05, 0.1) is 5.39 Å². The average molecular weight is 433 g/mol. The summed E-state index contributed by atoms with van der Waals surface area (Å²) in [6.07, 6.45) is 0.368. The predicted octanol–water partition coefficient (Wildman–Crippen LogP) is 4.31. The van der Waals surface area contributed by atoms with Crippen molar-refractivity contribution < 1.29 is 9.59 Å². The topological polar surface area (TPSA) is 93.9 Å². The van der Waals surface area contributed by atoms with Gasteiger partial charge in [-0.1, -0.05) is 42.5 Å². The average Bonchev–Trinajstić information content (AvgIpc) is 3.22. The van der Waals surface area contributed by atoms with Crippen molar-refractivity contribution in [3.63, 3.8) is 0 Å². The number of thiophene rings is 1. The molecule has 2 aromatic heterocycles. The Hall–Kier alpha value is -3.65. The molecule has 0 saturated carbocycles. The van der Waals surface area contributed by atoms with Gasteiger partial charge in [0.25, 0.3) is 5.56 Å². The van der Waals surface area contributed by atoms with Crippen LogP contribution in [0.15, 0.2) is 65.5 Å². The van der Waals surface area contributed by atoms with E-state index >= 15 is 0 Å². The molecular weight excluding hydrogens is 412 g/mol. The number of anilines is 1. The fourth-order valence-corrected chi connectivity index (χ4v) is 4.27. The lowest BCUT2D eigenvalue weighted by molar-refractivity contribution is -0.119. The number of aromatic nitrogens is 3. The molecule has 156 valence electrons. The van der Waals surface area contributed by atoms with Crippen molar-refractivity contribution in [2.75, 3.05) is 5.32 Å². The van der Waals surface area contributed by atoms with E-state index in [1.165, 1.54) is 18.3 Å². The maximum atomic E-state index is 13.1. The molecule has 2 heterocycles. The molecule has 1 atom stereocenters. The molecule has 31 heavy (non-hydrogen) atoms. The number of nitrogens with one attached hydrogen (secondary N) is 1. The summed E-state index contributed by atoms with van der Waals surface area (Å²) in [6.45, 7) is 3.29. The van der Waals surface area contributed by atoms with Gasteiger partial charge in [0, 0.05) is 16.1 Å². The summed E-state index contributed by atoms with van der Waals surface area (Å²) in [4.78, 5) is 38.8. The molecule has 2 aromatic carbocycles. The number of rotatable bonds is 6. The van der Waals surface area contributed by atoms with E-state index in [1.54, 1.807) is 30.3 Å². The first-order valence-corrected chi connectivity index (χ1v) is 10.7. The Morgan fingerprint density at radius 3 is 2.45 bits per heavy atom. The van der Waals surface area contributed by atoms with E-state index in [4.69, 9.17) is 0 Å². The van der Waals surface area contributed by atoms with Gasteiger partial charge in [-0.05, 0) is 49.2 Å². The zero-order chi connectivity index (χ0) is 22.0. The van der Waals surface area contributed by atoms with Crippen molar-refractivity contribution in [1.29, 1.82) is 0 Å². The summed E-state index contributed by atoms with van der Waals surface area (Å²) in [6, 6.07) is 17.3. The van der Waals surface area contributed by atoms with Gasteiger partial charge in [-0.25, -0.2) is 0 Å². The fraction of sp³-hybridized carbons (Fsp3) is 0.174. The summed E-state index contributed by atoms with van der Waals surface area (Å²) in [5.74, 6) is -0.419. The van der Waals surface area contributed by atoms with E-state index in [2.05, 4.69) is 15.6 Å². The highest BCUT2D eigenvalue weighted by atomic mass is 32.1. The number of benzene rings is 2. The van der Waals surface area contributed by atoms with Crippen molar-refractivity contribution in [2.45, 2.75) is 26.3 Å². The molecule has 0 aliphatic carbocycles. The van der Waals surface area contributed by atoms with Crippen LogP contribution < -0.4 is 10.9 Å². The van der Waals surface area contributed by atoms with Gasteiger partial charge in [-0.3, -0.25) is 14.4 Å². The highest BCUT2D eigenvalue weighted by molar-refractivity contribution is 7.21. The Bertz CT molecular complexity index is 1310. The second-order valence-electron chi connectivity index (χ2n) is 7.08. The normalized spacial score (nSPS) is 11.9. The molecule has 0 radical (unpaired) electrons. The van der Waals surface area contributed by atoms with Crippen LogP contribution in [-0.4, -0.2) is 26.7 Å². The summed E-state index contributed by atoms with van der Waals surface area (Å²) in [7, 11) is 0. The van der Waals surface area contributed by atoms with Crippen molar-refractivity contribution in [1.82, 2.24) is 15.0 Å². The lowest BCUT2D eigenvalue weighted by Gasteiger charge is -2.16. The molecule has 0 fully saturated rings.